The van der Waals surface area contributed by atoms with Crippen LogP contribution in [0.2, 0.25) is 0 Å². The fourth-order valence-electron chi connectivity index (χ4n) is 3.73. The molecule has 12 heteroatoms. The molecule has 3 unspecified atom stereocenters. The highest BCUT2D eigenvalue weighted by atomic mass is 16.2. The summed E-state index contributed by atoms with van der Waals surface area (Å²) in [7, 11) is 1.46. The number of carbonyl (C=O) groups is 6. The molecule has 224 valence electrons. The van der Waals surface area contributed by atoms with Gasteiger partial charge >= 0.3 is 0 Å². The minimum Gasteiger partial charge on any atom is -0.345 e. The normalized spacial score (nSPS) is 15.1. The molecule has 12 nitrogen and oxygen atoms in total. The number of likely N-dealkylation sites (N-methyl/N-ethyl adjacent to an activating group) is 1. The van der Waals surface area contributed by atoms with Gasteiger partial charge in [-0.15, -0.1) is 0 Å². The van der Waals surface area contributed by atoms with Gasteiger partial charge in [0.2, 0.25) is 30.0 Å². The molecule has 0 aliphatic carbocycles. The second-order valence-corrected chi connectivity index (χ2v) is 11.2. The zero-order valence-corrected chi connectivity index (χ0v) is 24.8. The van der Waals surface area contributed by atoms with Gasteiger partial charge in [0, 0.05) is 7.05 Å². The average molecular weight is 555 g/mol. The predicted molar refractivity (Wildman–Crippen MR) is 149 cm³/mol. The Morgan fingerprint density at radius 1 is 0.718 bits per heavy atom. The van der Waals surface area contributed by atoms with Crippen molar-refractivity contribution in [3.05, 3.63) is 0 Å². The van der Waals surface area contributed by atoms with Crippen LogP contribution in [0.4, 0.5) is 0 Å². The summed E-state index contributed by atoms with van der Waals surface area (Å²) in [4.78, 5) is 75.9. The fraction of sp³-hybridized carbons (Fsp3) is 0.778. The van der Waals surface area contributed by atoms with Crippen molar-refractivity contribution in [2.45, 2.75) is 104 Å². The minimum absolute atomic E-state index is 0.0438. The highest BCUT2D eigenvalue weighted by Crippen LogP contribution is 2.10. The smallest absolute Gasteiger partial charge is 0.243 e. The molecule has 0 radical (unpaired) electrons. The second-order valence-electron chi connectivity index (χ2n) is 11.2. The molecule has 0 aromatic heterocycles. The maximum absolute atomic E-state index is 13.3. The lowest BCUT2D eigenvalue weighted by molar-refractivity contribution is -0.136. The SMILES string of the molecule is CC(C)CC(NC(=O)C(CCCN)NC(=O)[C@@H](CC(C)C)NC(=O)[C@H](C)N(C)C=O)C(=O)NC(C=O)C(C)C. The first-order chi connectivity index (χ1) is 18.2. The van der Waals surface area contributed by atoms with Gasteiger partial charge in [0.25, 0.3) is 0 Å². The molecular weight excluding hydrogens is 504 g/mol. The van der Waals surface area contributed by atoms with Crippen LogP contribution in [0.5, 0.6) is 0 Å². The summed E-state index contributed by atoms with van der Waals surface area (Å²) >= 11 is 0. The molecule has 0 spiro atoms. The third-order valence-electron chi connectivity index (χ3n) is 6.34. The van der Waals surface area contributed by atoms with Gasteiger partial charge in [-0.05, 0) is 56.9 Å². The Kier molecular flexibility index (Phi) is 16.9. The zero-order valence-electron chi connectivity index (χ0n) is 24.8. The monoisotopic (exact) mass is 554 g/mol. The van der Waals surface area contributed by atoms with E-state index >= 15 is 0 Å². The molecule has 0 aliphatic rings. The lowest BCUT2D eigenvalue weighted by Crippen LogP contribution is -2.58. The summed E-state index contributed by atoms with van der Waals surface area (Å²) in [6.07, 6.45) is 2.48. The van der Waals surface area contributed by atoms with E-state index in [1.165, 1.54) is 11.9 Å². The van der Waals surface area contributed by atoms with Crippen LogP contribution in [0.3, 0.4) is 0 Å². The number of aldehydes is 1. The van der Waals surface area contributed by atoms with Gasteiger partial charge < -0.3 is 36.7 Å². The number of nitrogens with zero attached hydrogens (tertiary/aromatic N) is 1. The largest absolute Gasteiger partial charge is 0.345 e. The lowest BCUT2D eigenvalue weighted by Gasteiger charge is -2.28. The highest BCUT2D eigenvalue weighted by molar-refractivity contribution is 5.95. The van der Waals surface area contributed by atoms with Crippen LogP contribution in [-0.4, -0.2) is 85.0 Å². The summed E-state index contributed by atoms with van der Waals surface area (Å²) in [6.45, 7) is 13.0. The molecule has 5 atom stereocenters. The van der Waals surface area contributed by atoms with Crippen LogP contribution < -0.4 is 27.0 Å². The maximum Gasteiger partial charge on any atom is 0.243 e. The topological polar surface area (TPSA) is 180 Å². The first-order valence-corrected chi connectivity index (χ1v) is 13.7. The lowest BCUT2D eigenvalue weighted by atomic mass is 9.99. The Hall–Kier alpha value is -3.02. The van der Waals surface area contributed by atoms with Crippen LogP contribution in [0, 0.1) is 17.8 Å². The molecule has 0 fully saturated rings. The molecule has 0 rings (SSSR count). The quantitative estimate of drug-likeness (QED) is 0.140. The van der Waals surface area contributed by atoms with Crippen molar-refractivity contribution >= 4 is 36.3 Å². The van der Waals surface area contributed by atoms with Crippen LogP contribution in [0.1, 0.15) is 74.1 Å². The number of hydrogen-bond acceptors (Lipinski definition) is 7. The molecule has 39 heavy (non-hydrogen) atoms. The Bertz CT molecular complexity index is 819. The number of nitrogens with one attached hydrogen (secondary N) is 4. The standard InChI is InChI=1S/C27H50N6O6/c1-16(2)12-21(30-24(36)19(7)33(8)15-35)26(38)29-20(10-9-11-28)25(37)31-22(13-17(3)4)27(39)32-23(14-34)18(5)6/h14-23H,9-13,28H2,1-8H3,(H,29,38)(H,30,36)(H,31,37)(H,32,39)/t19-,20?,21+,22?,23?/m0/s1. The molecule has 0 saturated heterocycles. The van der Waals surface area contributed by atoms with Gasteiger partial charge in [-0.1, -0.05) is 41.5 Å². The summed E-state index contributed by atoms with van der Waals surface area (Å²) in [5.41, 5.74) is 5.66. The van der Waals surface area contributed by atoms with Crippen molar-refractivity contribution in [2.75, 3.05) is 13.6 Å². The van der Waals surface area contributed by atoms with Crippen LogP contribution in [0.15, 0.2) is 0 Å². The number of nitrogens with two attached hydrogens (primary N) is 1. The molecule has 0 aliphatic heterocycles. The predicted octanol–water partition coefficient (Wildman–Crippen LogP) is 0.0883. The maximum atomic E-state index is 13.3. The van der Waals surface area contributed by atoms with E-state index < -0.39 is 53.8 Å². The van der Waals surface area contributed by atoms with Gasteiger partial charge in [0.05, 0.1) is 6.04 Å². The Morgan fingerprint density at radius 2 is 1.15 bits per heavy atom. The van der Waals surface area contributed by atoms with Gasteiger partial charge in [-0.3, -0.25) is 24.0 Å². The first-order valence-electron chi connectivity index (χ1n) is 13.7. The van der Waals surface area contributed by atoms with Gasteiger partial charge in [0.1, 0.15) is 30.5 Å². The molecule has 0 saturated carbocycles. The van der Waals surface area contributed by atoms with Crippen molar-refractivity contribution < 1.29 is 28.8 Å². The Labute approximate surface area is 232 Å². The molecule has 0 aromatic rings. The molecule has 6 N–H and O–H groups in total. The van der Waals surface area contributed by atoms with Crippen molar-refractivity contribution in [3.8, 4) is 0 Å². The summed E-state index contributed by atoms with van der Waals surface area (Å²) in [5, 5.41) is 10.8. The van der Waals surface area contributed by atoms with E-state index in [1.54, 1.807) is 20.8 Å². The second kappa shape index (κ2) is 18.3. The Morgan fingerprint density at radius 3 is 1.56 bits per heavy atom. The van der Waals surface area contributed by atoms with E-state index in [1.807, 2.05) is 27.7 Å². The van der Waals surface area contributed by atoms with Crippen molar-refractivity contribution in [1.82, 2.24) is 26.2 Å². The molecule has 0 aromatic carbocycles. The fourth-order valence-corrected chi connectivity index (χ4v) is 3.73. The van der Waals surface area contributed by atoms with Gasteiger partial charge in [-0.2, -0.15) is 0 Å². The molecule has 0 bridgehead atoms. The summed E-state index contributed by atoms with van der Waals surface area (Å²) < 4.78 is 0. The third kappa shape index (κ3) is 13.6. The average Bonchev–Trinajstić information content (AvgIpc) is 2.86. The third-order valence-corrected chi connectivity index (χ3v) is 6.34. The number of amides is 5. The summed E-state index contributed by atoms with van der Waals surface area (Å²) in [5.74, 6) is -2.12. The van der Waals surface area contributed by atoms with Gasteiger partial charge in [-0.25, -0.2) is 0 Å². The molecule has 0 heterocycles. The zero-order chi connectivity index (χ0) is 30.3. The van der Waals surface area contributed by atoms with Crippen LogP contribution in [0.25, 0.3) is 0 Å². The Balaban J connectivity index is 5.80. The van der Waals surface area contributed by atoms with Crippen molar-refractivity contribution in [3.63, 3.8) is 0 Å². The molecule has 5 amide bonds. The van der Waals surface area contributed by atoms with E-state index in [4.69, 9.17) is 5.73 Å². The number of hydrogen-bond donors (Lipinski definition) is 5. The van der Waals surface area contributed by atoms with E-state index in [0.717, 1.165) is 0 Å². The van der Waals surface area contributed by atoms with E-state index in [2.05, 4.69) is 21.3 Å². The molecular formula is C27H50N6O6. The number of rotatable bonds is 19. The van der Waals surface area contributed by atoms with Crippen LogP contribution >= 0.6 is 0 Å². The van der Waals surface area contributed by atoms with Crippen LogP contribution in [-0.2, 0) is 28.8 Å². The van der Waals surface area contributed by atoms with E-state index in [0.29, 0.717) is 32.0 Å². The van der Waals surface area contributed by atoms with Crippen molar-refractivity contribution in [1.29, 1.82) is 0 Å². The van der Waals surface area contributed by atoms with Crippen molar-refractivity contribution in [2.24, 2.45) is 23.5 Å². The first kappa shape index (κ1) is 36.0. The highest BCUT2D eigenvalue weighted by Gasteiger charge is 2.32. The minimum atomic E-state index is -1.00. The summed E-state index contributed by atoms with van der Waals surface area (Å²) in [6, 6.07) is -4.35. The number of carbonyl (C=O) groups excluding carboxylic acids is 6. The van der Waals surface area contributed by atoms with Gasteiger partial charge in [0.15, 0.2) is 0 Å². The van der Waals surface area contributed by atoms with E-state index in [-0.39, 0.29) is 30.7 Å². The van der Waals surface area contributed by atoms with E-state index in [9.17, 15) is 28.8 Å².